The van der Waals surface area contributed by atoms with Crippen molar-refractivity contribution in [1.29, 1.82) is 0 Å². The smallest absolute Gasteiger partial charge is 0.329 e. The third kappa shape index (κ3) is 13.6. The van der Waals surface area contributed by atoms with Crippen LogP contribution in [-0.4, -0.2) is 195 Å². The lowest BCUT2D eigenvalue weighted by Gasteiger charge is -2.40. The highest BCUT2D eigenvalue weighted by atomic mass is 32.2. The second-order valence-electron chi connectivity index (χ2n) is 19.7. The maximum absolute atomic E-state index is 15.2. The van der Waals surface area contributed by atoms with E-state index >= 15 is 9.59 Å². The summed E-state index contributed by atoms with van der Waals surface area (Å²) in [6.45, 7) is 7.84. The van der Waals surface area contributed by atoms with Crippen molar-refractivity contribution in [2.75, 3.05) is 53.4 Å². The van der Waals surface area contributed by atoms with Crippen molar-refractivity contribution >= 4 is 105 Å². The normalized spacial score (nSPS) is 25.4. The topological polar surface area (TPSA) is 276 Å². The third-order valence-corrected chi connectivity index (χ3v) is 16.3. The van der Waals surface area contributed by atoms with Crippen molar-refractivity contribution in [1.82, 2.24) is 50.8 Å². The van der Waals surface area contributed by atoms with Gasteiger partial charge in [0, 0.05) is 57.1 Å². The van der Waals surface area contributed by atoms with Gasteiger partial charge in [-0.1, -0.05) is 64.1 Å². The summed E-state index contributed by atoms with van der Waals surface area (Å²) in [5.74, 6) is -9.95. The molecular formula is C53H66N10O12S2. The molecule has 24 heteroatoms. The van der Waals surface area contributed by atoms with Gasteiger partial charge in [0.25, 0.3) is 11.8 Å². The van der Waals surface area contributed by atoms with Gasteiger partial charge < -0.3 is 50.3 Å². The van der Waals surface area contributed by atoms with E-state index in [4.69, 9.17) is 9.47 Å². The van der Waals surface area contributed by atoms with E-state index in [0.717, 1.165) is 43.1 Å². The number of esters is 2. The van der Waals surface area contributed by atoms with E-state index in [1.54, 1.807) is 94.6 Å². The Morgan fingerprint density at radius 3 is 1.47 bits per heavy atom. The molecule has 0 radical (unpaired) electrons. The van der Waals surface area contributed by atoms with Crippen LogP contribution in [0, 0.1) is 11.8 Å². The van der Waals surface area contributed by atoms with Crippen molar-refractivity contribution in [2.45, 2.75) is 94.5 Å². The molecule has 0 aliphatic carbocycles. The van der Waals surface area contributed by atoms with E-state index in [1.165, 1.54) is 54.4 Å². The number of carbonyl (C=O) groups excluding carboxylic acids is 10. The molecule has 2 aliphatic heterocycles. The summed E-state index contributed by atoms with van der Waals surface area (Å²) in [6, 6.07) is 5.68. The predicted octanol–water partition coefficient (Wildman–Crippen LogP) is 1.85. The average molecular weight is 1100 g/mol. The fourth-order valence-corrected chi connectivity index (χ4v) is 11.7. The fourth-order valence-electron chi connectivity index (χ4n) is 9.15. The Balaban J connectivity index is 1.43. The van der Waals surface area contributed by atoms with Crippen LogP contribution in [0.1, 0.15) is 62.3 Å². The first-order valence-electron chi connectivity index (χ1n) is 24.9. The molecule has 4 N–H and O–H groups in total. The average Bonchev–Trinajstić information content (AvgIpc) is 3.40. The molecule has 2 saturated heterocycles. The summed E-state index contributed by atoms with van der Waals surface area (Å²) in [5.41, 5.74) is 1.36. The van der Waals surface area contributed by atoms with E-state index in [2.05, 4.69) is 31.2 Å². The van der Waals surface area contributed by atoms with Crippen molar-refractivity contribution in [3.63, 3.8) is 0 Å². The minimum Gasteiger partial charge on any atom is -0.461 e. The highest BCUT2D eigenvalue weighted by Crippen LogP contribution is 2.32. The molecule has 2 fully saturated rings. The number of likely N-dealkylation sites (N-methyl/N-ethyl adjacent to an activating group) is 4. The molecule has 22 nitrogen and oxygen atoms in total. The minimum atomic E-state index is -1.62. The number of aromatic nitrogens is 2. The number of para-hydroxylation sites is 2. The molecule has 9 atom stereocenters. The molecule has 4 aromatic rings. The van der Waals surface area contributed by atoms with Crippen LogP contribution in [-0.2, 0) is 47.8 Å². The molecule has 2 bridgehead atoms. The van der Waals surface area contributed by atoms with E-state index in [-0.39, 0.29) is 16.9 Å². The van der Waals surface area contributed by atoms with Gasteiger partial charge in [-0.15, -0.1) is 23.5 Å². The Labute approximate surface area is 454 Å². The Morgan fingerprint density at radius 1 is 0.623 bits per heavy atom. The minimum absolute atomic E-state index is 0.0704. The van der Waals surface area contributed by atoms with Crippen LogP contribution in [0.5, 0.6) is 0 Å². The molecular weight excluding hydrogens is 1030 g/mol. The fraction of sp³-hybridized carbons (Fsp3) is 0.472. The van der Waals surface area contributed by atoms with Gasteiger partial charge in [-0.25, -0.2) is 9.59 Å². The molecule has 8 amide bonds. The third-order valence-electron chi connectivity index (χ3n) is 13.5. The zero-order valence-corrected chi connectivity index (χ0v) is 46.4. The van der Waals surface area contributed by atoms with Gasteiger partial charge in [-0.05, 0) is 56.2 Å². The Hall–Kier alpha value is -7.34. The Bertz CT molecular complexity index is 2930. The predicted molar refractivity (Wildman–Crippen MR) is 289 cm³/mol. The highest BCUT2D eigenvalue weighted by Gasteiger charge is 2.45. The molecule has 6 rings (SSSR count). The number of benzene rings is 2. The SMILES string of the molecule is CSC1SCC2C(=O)N(C)C(C(C)C)C(=O)OCC(NC(=O)c3cnc4ccccc4c3)C(=O)NC(C)C(=O)N(C)C1C(=O)N(C)C(C(C)C)C(=O)OCC(NC(=O)c1cnc3ccccc3c1)C(=O)NC(C)C(=O)N2C. The summed E-state index contributed by atoms with van der Waals surface area (Å²) in [6.07, 6.45) is 4.30. The molecule has 2 aliphatic rings. The quantitative estimate of drug-likeness (QED) is 0.192. The second-order valence-corrected chi connectivity index (χ2v) is 22.1. The monoisotopic (exact) mass is 1100 g/mol. The number of nitrogens with one attached hydrogen (secondary N) is 4. The summed E-state index contributed by atoms with van der Waals surface area (Å²) in [5, 5.41) is 11.7. The van der Waals surface area contributed by atoms with Gasteiger partial charge in [0.1, 0.15) is 61.5 Å². The van der Waals surface area contributed by atoms with E-state index < -0.39 is 137 Å². The van der Waals surface area contributed by atoms with Crippen LogP contribution in [0.4, 0.5) is 0 Å². The van der Waals surface area contributed by atoms with Crippen LogP contribution in [0.25, 0.3) is 21.8 Å². The largest absolute Gasteiger partial charge is 0.461 e. The maximum Gasteiger partial charge on any atom is 0.329 e. The first kappa shape index (κ1) is 58.9. The lowest BCUT2D eigenvalue weighted by molar-refractivity contribution is -0.160. The highest BCUT2D eigenvalue weighted by molar-refractivity contribution is 8.16. The number of amides is 8. The standard InChI is InChI=1S/C53H66N10O12S2/c1-27(2)40-51(72)74-24-38(59-44(65)34-21-32-17-13-15-19-36(32)55-23-34)46(67)57-30(6)48(69)63(10)42-50(71)62(9)41(28(3)4)52(73)75-25-37(58-43(64)33-20-31-16-12-14-18-35(31)54-22-33)45(66)56-29(5)47(68)60(7)39(49(70)61(40)8)26-77-53(42)76-11/h12-23,27-30,37-42,53H,24-26H2,1-11H3,(H,56,66)(H,57,67)(H,58,64)(H,59,65). The lowest BCUT2D eigenvalue weighted by Crippen LogP contribution is -2.60. The van der Waals surface area contributed by atoms with Crippen LogP contribution in [0.3, 0.4) is 0 Å². The molecule has 0 spiro atoms. The Kier molecular flexibility index (Phi) is 19.6. The number of fused-ring (bicyclic) bond motifs is 6. The van der Waals surface area contributed by atoms with Crippen LogP contribution >= 0.6 is 23.5 Å². The van der Waals surface area contributed by atoms with Crippen molar-refractivity contribution in [2.24, 2.45) is 11.8 Å². The number of ether oxygens (including phenoxy) is 2. The van der Waals surface area contributed by atoms with Crippen molar-refractivity contribution < 1.29 is 57.4 Å². The molecule has 2 aromatic heterocycles. The maximum atomic E-state index is 15.2. The number of hydrogen-bond donors (Lipinski definition) is 4. The van der Waals surface area contributed by atoms with Gasteiger partial charge in [0.05, 0.1) is 26.7 Å². The van der Waals surface area contributed by atoms with Crippen LogP contribution < -0.4 is 21.3 Å². The van der Waals surface area contributed by atoms with E-state index in [1.807, 2.05) is 0 Å². The summed E-state index contributed by atoms with van der Waals surface area (Å²) in [7, 11) is 5.38. The van der Waals surface area contributed by atoms with Gasteiger partial charge >= 0.3 is 11.9 Å². The van der Waals surface area contributed by atoms with Crippen LogP contribution in [0.15, 0.2) is 73.1 Å². The first-order valence-corrected chi connectivity index (χ1v) is 27.3. The van der Waals surface area contributed by atoms with Gasteiger partial charge in [0.15, 0.2) is 0 Å². The number of pyridine rings is 2. The lowest BCUT2D eigenvalue weighted by atomic mass is 10.0. The van der Waals surface area contributed by atoms with E-state index in [9.17, 15) is 38.4 Å². The zero-order chi connectivity index (χ0) is 56.6. The van der Waals surface area contributed by atoms with Crippen molar-refractivity contribution in [3.8, 4) is 0 Å². The van der Waals surface area contributed by atoms with Gasteiger partial charge in [-0.3, -0.25) is 48.3 Å². The summed E-state index contributed by atoms with van der Waals surface area (Å²) < 4.78 is 10.6. The summed E-state index contributed by atoms with van der Waals surface area (Å²) in [4.78, 5) is 157. The van der Waals surface area contributed by atoms with Crippen LogP contribution in [0.2, 0.25) is 0 Å². The van der Waals surface area contributed by atoms with Gasteiger partial charge in [-0.2, -0.15) is 0 Å². The number of hydrogen-bond acceptors (Lipinski definition) is 16. The summed E-state index contributed by atoms with van der Waals surface area (Å²) >= 11 is 2.18. The first-order chi connectivity index (χ1) is 36.4. The molecule has 2 aromatic carbocycles. The molecule has 9 unspecified atom stereocenters. The Morgan fingerprint density at radius 2 is 1.04 bits per heavy atom. The number of cyclic esters (lactones) is 2. The number of carbonyl (C=O) groups is 10. The molecule has 412 valence electrons. The molecule has 77 heavy (non-hydrogen) atoms. The molecule has 4 heterocycles. The number of nitrogens with zero attached hydrogens (tertiary/aromatic N) is 6. The number of rotatable bonds is 7. The van der Waals surface area contributed by atoms with E-state index in [0.29, 0.717) is 21.8 Å². The van der Waals surface area contributed by atoms with Gasteiger partial charge in [0.2, 0.25) is 35.4 Å². The zero-order valence-electron chi connectivity index (χ0n) is 44.8. The second kappa shape index (κ2) is 25.7. The number of thioether (sulfide) groups is 2. The molecule has 0 saturated carbocycles. The van der Waals surface area contributed by atoms with Crippen molar-refractivity contribution in [3.05, 3.63) is 84.2 Å².